The van der Waals surface area contributed by atoms with Gasteiger partial charge in [0.25, 0.3) is 0 Å². The Balaban J connectivity index is 0.00000180. The Kier molecular flexibility index (Phi) is 4.78. The summed E-state index contributed by atoms with van der Waals surface area (Å²) >= 11 is 0. The van der Waals surface area contributed by atoms with Gasteiger partial charge in [0, 0.05) is 7.05 Å². The van der Waals surface area contributed by atoms with Gasteiger partial charge in [-0.1, -0.05) is 0 Å². The molecule has 1 aromatic rings. The van der Waals surface area contributed by atoms with E-state index in [1.54, 1.807) is 7.05 Å². The molecule has 0 spiro atoms. The fourth-order valence-electron chi connectivity index (χ4n) is 1.94. The predicted molar refractivity (Wildman–Crippen MR) is 77.9 cm³/mol. The van der Waals surface area contributed by atoms with Gasteiger partial charge >= 0.3 is 0 Å². The fourth-order valence-corrected chi connectivity index (χ4v) is 1.94. The summed E-state index contributed by atoms with van der Waals surface area (Å²) in [6.07, 6.45) is 0.134. The van der Waals surface area contributed by atoms with Crippen molar-refractivity contribution in [2.75, 3.05) is 17.7 Å². The molecule has 1 heterocycles. The summed E-state index contributed by atoms with van der Waals surface area (Å²) in [6, 6.07) is 3.41. The average Bonchev–Trinajstić information content (AvgIpc) is 2.32. The highest BCUT2D eigenvalue weighted by atomic mass is 35.5. The van der Waals surface area contributed by atoms with Crippen LogP contribution in [0, 0.1) is 13.8 Å². The van der Waals surface area contributed by atoms with Gasteiger partial charge in [-0.3, -0.25) is 9.59 Å². The highest BCUT2D eigenvalue weighted by molar-refractivity contribution is 6.05. The van der Waals surface area contributed by atoms with Crippen molar-refractivity contribution < 1.29 is 9.59 Å². The number of carbonyl (C=O) groups is 2. The first kappa shape index (κ1) is 15.3. The third-order valence-electron chi connectivity index (χ3n) is 3.21. The molecule has 0 aromatic heterocycles. The number of hydrogen-bond acceptors (Lipinski definition) is 3. The lowest BCUT2D eigenvalue weighted by Crippen LogP contribution is -2.42. The average molecular weight is 284 g/mol. The molecule has 2 amide bonds. The molecule has 19 heavy (non-hydrogen) atoms. The number of hydrogen-bond donors (Lipinski definition) is 3. The largest absolute Gasteiger partial charge is 0.372 e. The smallest absolute Gasteiger partial charge is 0.247 e. The Labute approximate surface area is 118 Å². The summed E-state index contributed by atoms with van der Waals surface area (Å²) in [5.74, 6) is -0.329. The first-order valence-electron chi connectivity index (χ1n) is 5.90. The van der Waals surface area contributed by atoms with Crippen molar-refractivity contribution in [2.24, 2.45) is 0 Å². The van der Waals surface area contributed by atoms with E-state index in [1.807, 2.05) is 26.0 Å². The zero-order valence-electron chi connectivity index (χ0n) is 11.2. The molecule has 1 aromatic carbocycles. The van der Waals surface area contributed by atoms with Gasteiger partial charge in [-0.2, -0.15) is 0 Å². The molecule has 0 saturated heterocycles. The Bertz CT molecular complexity index is 517. The van der Waals surface area contributed by atoms with Gasteiger partial charge in [0.15, 0.2) is 0 Å². The second-order valence-electron chi connectivity index (χ2n) is 4.55. The molecule has 1 unspecified atom stereocenters. The molecule has 2 rings (SSSR count). The van der Waals surface area contributed by atoms with Crippen molar-refractivity contribution in [2.45, 2.75) is 26.3 Å². The Hall–Kier alpha value is -1.75. The fraction of sp³-hybridized carbons (Fsp3) is 0.385. The van der Waals surface area contributed by atoms with Gasteiger partial charge in [-0.05, 0) is 37.1 Å². The van der Waals surface area contributed by atoms with Gasteiger partial charge in [0.1, 0.15) is 6.04 Å². The van der Waals surface area contributed by atoms with E-state index in [-0.39, 0.29) is 30.6 Å². The topological polar surface area (TPSA) is 70.2 Å². The normalized spacial score (nSPS) is 16.6. The van der Waals surface area contributed by atoms with Crippen molar-refractivity contribution in [3.63, 3.8) is 0 Å². The van der Waals surface area contributed by atoms with Crippen molar-refractivity contribution >= 4 is 35.6 Å². The van der Waals surface area contributed by atoms with Gasteiger partial charge in [0.05, 0.1) is 17.8 Å². The number of carbonyl (C=O) groups excluding carboxylic acids is 2. The number of nitrogens with one attached hydrogen (secondary N) is 3. The summed E-state index contributed by atoms with van der Waals surface area (Å²) in [4.78, 5) is 23.2. The minimum atomic E-state index is -0.514. The maximum Gasteiger partial charge on any atom is 0.247 e. The maximum absolute atomic E-state index is 11.9. The van der Waals surface area contributed by atoms with Crippen LogP contribution >= 0.6 is 12.4 Å². The molecule has 3 N–H and O–H groups in total. The van der Waals surface area contributed by atoms with Crippen molar-refractivity contribution in [1.29, 1.82) is 0 Å². The van der Waals surface area contributed by atoms with Crippen molar-refractivity contribution in [3.8, 4) is 0 Å². The van der Waals surface area contributed by atoms with Crippen LogP contribution in [0.4, 0.5) is 11.4 Å². The van der Waals surface area contributed by atoms with E-state index < -0.39 is 6.04 Å². The summed E-state index contributed by atoms with van der Waals surface area (Å²) in [5.41, 5.74) is 3.92. The summed E-state index contributed by atoms with van der Waals surface area (Å²) < 4.78 is 0. The monoisotopic (exact) mass is 283 g/mol. The lowest BCUT2D eigenvalue weighted by Gasteiger charge is -2.27. The van der Waals surface area contributed by atoms with E-state index in [4.69, 9.17) is 0 Å². The van der Waals surface area contributed by atoms with Crippen LogP contribution in [0.15, 0.2) is 12.1 Å². The van der Waals surface area contributed by atoms with Gasteiger partial charge in [-0.15, -0.1) is 12.4 Å². The first-order chi connectivity index (χ1) is 8.51. The molecule has 0 aliphatic carbocycles. The van der Waals surface area contributed by atoms with E-state index in [9.17, 15) is 9.59 Å². The minimum absolute atomic E-state index is 0. The van der Waals surface area contributed by atoms with E-state index in [2.05, 4.69) is 16.0 Å². The molecule has 0 radical (unpaired) electrons. The van der Waals surface area contributed by atoms with Crippen molar-refractivity contribution in [1.82, 2.24) is 5.32 Å². The number of fused-ring (bicyclic) bond motifs is 1. The van der Waals surface area contributed by atoms with E-state index in [0.29, 0.717) is 0 Å². The molecule has 1 atom stereocenters. The van der Waals surface area contributed by atoms with Crippen molar-refractivity contribution in [3.05, 3.63) is 23.3 Å². The molecule has 6 heteroatoms. The minimum Gasteiger partial charge on any atom is -0.372 e. The summed E-state index contributed by atoms with van der Waals surface area (Å²) in [5, 5.41) is 8.45. The highest BCUT2D eigenvalue weighted by Gasteiger charge is 2.27. The predicted octanol–water partition coefficient (Wildman–Crippen LogP) is 1.59. The molecule has 5 nitrogen and oxygen atoms in total. The van der Waals surface area contributed by atoms with Crippen LogP contribution in [0.25, 0.3) is 0 Å². The Morgan fingerprint density at radius 1 is 1.26 bits per heavy atom. The van der Waals surface area contributed by atoms with Crippen LogP contribution in [0.5, 0.6) is 0 Å². The second kappa shape index (κ2) is 5.93. The van der Waals surface area contributed by atoms with Gasteiger partial charge in [-0.25, -0.2) is 0 Å². The lowest BCUT2D eigenvalue weighted by molar-refractivity contribution is -0.124. The zero-order chi connectivity index (χ0) is 13.3. The number of aryl methyl sites for hydroxylation is 2. The van der Waals surface area contributed by atoms with Crippen LogP contribution in [-0.4, -0.2) is 24.9 Å². The summed E-state index contributed by atoms with van der Waals surface area (Å²) in [7, 11) is 1.56. The SMILES string of the molecule is CNC(=O)CC1Nc2cc(C)c(C)cc2NC1=O.Cl. The van der Waals surface area contributed by atoms with Crippen LogP contribution in [0.3, 0.4) is 0 Å². The first-order valence-corrected chi connectivity index (χ1v) is 5.90. The Morgan fingerprint density at radius 2 is 1.84 bits per heavy atom. The highest BCUT2D eigenvalue weighted by Crippen LogP contribution is 2.30. The standard InChI is InChI=1S/C13H17N3O2.ClH/c1-7-4-9-10(5-8(7)2)16-13(18)11(15-9)6-12(17)14-3;/h4-5,11,15H,6H2,1-3H3,(H,14,17)(H,16,18);1H. The number of amides is 2. The number of anilines is 2. The number of benzene rings is 1. The van der Waals surface area contributed by atoms with Crippen LogP contribution in [0.2, 0.25) is 0 Å². The van der Waals surface area contributed by atoms with Crippen LogP contribution < -0.4 is 16.0 Å². The third kappa shape index (κ3) is 3.17. The number of halogens is 1. The Morgan fingerprint density at radius 3 is 2.42 bits per heavy atom. The molecule has 1 aliphatic heterocycles. The van der Waals surface area contributed by atoms with Crippen LogP contribution in [-0.2, 0) is 9.59 Å². The molecule has 104 valence electrons. The molecular formula is C13H18ClN3O2. The molecule has 0 fully saturated rings. The lowest BCUT2D eigenvalue weighted by atomic mass is 10.0. The third-order valence-corrected chi connectivity index (χ3v) is 3.21. The van der Waals surface area contributed by atoms with Gasteiger partial charge in [0.2, 0.25) is 11.8 Å². The van der Waals surface area contributed by atoms with E-state index in [0.717, 1.165) is 22.5 Å². The molecule has 0 saturated carbocycles. The van der Waals surface area contributed by atoms with Crippen LogP contribution in [0.1, 0.15) is 17.5 Å². The molecule has 1 aliphatic rings. The van der Waals surface area contributed by atoms with E-state index in [1.165, 1.54) is 0 Å². The molecule has 0 bridgehead atoms. The number of rotatable bonds is 2. The van der Waals surface area contributed by atoms with E-state index >= 15 is 0 Å². The van der Waals surface area contributed by atoms with Gasteiger partial charge < -0.3 is 16.0 Å². The maximum atomic E-state index is 11.9. The second-order valence-corrected chi connectivity index (χ2v) is 4.55. The summed E-state index contributed by atoms with van der Waals surface area (Å²) in [6.45, 7) is 4.01. The quantitative estimate of drug-likeness (QED) is 0.772. The molecular weight excluding hydrogens is 266 g/mol. The zero-order valence-corrected chi connectivity index (χ0v) is 12.0.